The quantitative estimate of drug-likeness (QED) is 0.170. The van der Waals surface area contributed by atoms with E-state index in [1.807, 2.05) is 0 Å². The van der Waals surface area contributed by atoms with Crippen molar-refractivity contribution >= 4 is 37.9 Å². The maximum absolute atomic E-state index is 2.46. The van der Waals surface area contributed by atoms with Crippen molar-refractivity contribution in [3.8, 4) is 33.4 Å². The van der Waals surface area contributed by atoms with Crippen molar-refractivity contribution in [1.82, 2.24) is 0 Å². The Kier molecular flexibility index (Phi) is 7.06. The molecule has 0 amide bonds. The van der Waals surface area contributed by atoms with E-state index in [1.54, 1.807) is 0 Å². The molecule has 0 bridgehead atoms. The van der Waals surface area contributed by atoms with Gasteiger partial charge in [0.1, 0.15) is 0 Å². The molecule has 0 nitrogen and oxygen atoms in total. The van der Waals surface area contributed by atoms with Crippen LogP contribution in [-0.4, -0.2) is 0 Å². The van der Waals surface area contributed by atoms with E-state index >= 15 is 0 Å². The monoisotopic (exact) mass is 610 g/mol. The van der Waals surface area contributed by atoms with Gasteiger partial charge in [-0.1, -0.05) is 188 Å². The van der Waals surface area contributed by atoms with Crippen molar-refractivity contribution < 1.29 is 0 Å². The van der Waals surface area contributed by atoms with Gasteiger partial charge >= 0.3 is 0 Å². The number of allylic oxidation sites excluding steroid dienone is 4. The second-order valence-electron chi connectivity index (χ2n) is 12.8. The normalized spacial score (nSPS) is 14.4. The molecule has 0 saturated heterocycles. The van der Waals surface area contributed by atoms with E-state index in [2.05, 4.69) is 188 Å². The van der Waals surface area contributed by atoms with Crippen LogP contribution in [0.5, 0.6) is 0 Å². The van der Waals surface area contributed by atoms with Gasteiger partial charge in [-0.3, -0.25) is 0 Å². The maximum atomic E-state index is 2.46. The van der Waals surface area contributed by atoms with Gasteiger partial charge in [-0.15, -0.1) is 0 Å². The third-order valence-electron chi connectivity index (χ3n) is 10.0. The molecule has 0 heteroatoms. The summed E-state index contributed by atoms with van der Waals surface area (Å²) in [6.45, 7) is 0. The molecule has 0 saturated carbocycles. The lowest BCUT2D eigenvalue weighted by Gasteiger charge is -2.22. The SMILES string of the molecule is C1=CC(c2cccc3ccccc23)CC=C1c1c2ccccc2c(-c2ccc(-c3ccccc3-c3ccccc3)cc2)c2ccccc12. The summed E-state index contributed by atoms with van der Waals surface area (Å²) in [5.74, 6) is 0.363. The molecule has 0 fully saturated rings. The summed E-state index contributed by atoms with van der Waals surface area (Å²) in [4.78, 5) is 0. The summed E-state index contributed by atoms with van der Waals surface area (Å²) in [6, 6.07) is 61.9. The molecular weight excluding hydrogens is 577 g/mol. The molecule has 0 heterocycles. The van der Waals surface area contributed by atoms with E-state index in [4.69, 9.17) is 0 Å². The van der Waals surface area contributed by atoms with E-state index in [9.17, 15) is 0 Å². The standard InChI is InChI=1S/C48H34/c1-2-13-33(14-3-1)39-18-6-7-19-41(39)35-25-29-37(30-26-35)47-43-20-8-10-22-45(43)48(46-23-11-9-21-44(46)47)38-31-27-36(28-32-38)42-24-12-16-34-15-4-5-17-40(34)42/h1-27,29-32,36H,28H2. The lowest BCUT2D eigenvalue weighted by atomic mass is 9.82. The molecule has 0 radical (unpaired) electrons. The van der Waals surface area contributed by atoms with Crippen molar-refractivity contribution in [3.63, 3.8) is 0 Å². The zero-order chi connectivity index (χ0) is 31.9. The largest absolute Gasteiger partial charge is 0.0761 e. The molecule has 1 atom stereocenters. The van der Waals surface area contributed by atoms with Crippen molar-refractivity contribution in [3.05, 3.63) is 199 Å². The second-order valence-corrected chi connectivity index (χ2v) is 12.8. The average molecular weight is 611 g/mol. The van der Waals surface area contributed by atoms with Crippen LogP contribution in [0, 0.1) is 0 Å². The number of hydrogen-bond acceptors (Lipinski definition) is 0. The van der Waals surface area contributed by atoms with Gasteiger partial charge in [0.25, 0.3) is 0 Å². The number of fused-ring (bicyclic) bond motifs is 3. The first-order valence-corrected chi connectivity index (χ1v) is 16.9. The fraction of sp³-hybridized carbons (Fsp3) is 0.0417. The van der Waals surface area contributed by atoms with Crippen LogP contribution in [0.15, 0.2) is 188 Å². The highest BCUT2D eigenvalue weighted by atomic mass is 14.2. The Morgan fingerprint density at radius 1 is 0.375 bits per heavy atom. The molecule has 0 aliphatic heterocycles. The van der Waals surface area contributed by atoms with E-state index in [0.717, 1.165) is 6.42 Å². The van der Waals surface area contributed by atoms with Crippen LogP contribution in [0.2, 0.25) is 0 Å². The first kappa shape index (κ1) is 28.3. The topological polar surface area (TPSA) is 0 Å². The molecule has 48 heavy (non-hydrogen) atoms. The van der Waals surface area contributed by atoms with Crippen LogP contribution in [0.3, 0.4) is 0 Å². The molecule has 9 rings (SSSR count). The van der Waals surface area contributed by atoms with Crippen LogP contribution < -0.4 is 0 Å². The minimum atomic E-state index is 0.363. The van der Waals surface area contributed by atoms with Crippen molar-refractivity contribution in [2.45, 2.75) is 12.3 Å². The van der Waals surface area contributed by atoms with Crippen LogP contribution >= 0.6 is 0 Å². The first-order chi connectivity index (χ1) is 23.8. The van der Waals surface area contributed by atoms with Crippen molar-refractivity contribution in [2.75, 3.05) is 0 Å². The summed E-state index contributed by atoms with van der Waals surface area (Å²) in [5.41, 5.74) is 11.5. The maximum Gasteiger partial charge on any atom is 0.00622 e. The summed E-state index contributed by atoms with van der Waals surface area (Å²) >= 11 is 0. The molecule has 0 N–H and O–H groups in total. The highest BCUT2D eigenvalue weighted by Gasteiger charge is 2.20. The van der Waals surface area contributed by atoms with Gasteiger partial charge in [0.15, 0.2) is 0 Å². The van der Waals surface area contributed by atoms with E-state index in [0.29, 0.717) is 5.92 Å². The Hall–Kier alpha value is -5.98. The van der Waals surface area contributed by atoms with E-state index in [-0.39, 0.29) is 0 Å². The fourth-order valence-corrected chi connectivity index (χ4v) is 7.78. The zero-order valence-corrected chi connectivity index (χ0v) is 26.7. The van der Waals surface area contributed by atoms with E-state index in [1.165, 1.54) is 82.4 Å². The Labute approximate surface area is 282 Å². The molecule has 0 spiro atoms. The summed E-state index contributed by atoms with van der Waals surface area (Å²) in [6.07, 6.45) is 8.22. The summed E-state index contributed by atoms with van der Waals surface area (Å²) in [5, 5.41) is 7.82. The van der Waals surface area contributed by atoms with Gasteiger partial charge in [0, 0.05) is 5.92 Å². The van der Waals surface area contributed by atoms with E-state index < -0.39 is 0 Å². The predicted molar refractivity (Wildman–Crippen MR) is 206 cm³/mol. The van der Waals surface area contributed by atoms with Gasteiger partial charge in [-0.25, -0.2) is 0 Å². The minimum absolute atomic E-state index is 0.363. The predicted octanol–water partition coefficient (Wildman–Crippen LogP) is 13.3. The fourth-order valence-electron chi connectivity index (χ4n) is 7.78. The minimum Gasteiger partial charge on any atom is -0.0761 e. The second kappa shape index (κ2) is 12.0. The first-order valence-electron chi connectivity index (χ1n) is 16.9. The molecule has 226 valence electrons. The molecule has 8 aromatic carbocycles. The Morgan fingerprint density at radius 2 is 0.875 bits per heavy atom. The molecule has 1 aliphatic rings. The van der Waals surface area contributed by atoms with Gasteiger partial charge < -0.3 is 0 Å². The number of benzene rings is 8. The molecular formula is C48H34. The van der Waals surface area contributed by atoms with Gasteiger partial charge in [-0.2, -0.15) is 0 Å². The Bertz CT molecular complexity index is 2450. The molecule has 0 aromatic heterocycles. The number of rotatable bonds is 5. The Morgan fingerprint density at radius 3 is 1.50 bits per heavy atom. The lowest BCUT2D eigenvalue weighted by molar-refractivity contribution is 0.865. The third kappa shape index (κ3) is 4.86. The van der Waals surface area contributed by atoms with Crippen LogP contribution in [0.25, 0.3) is 71.3 Å². The van der Waals surface area contributed by atoms with Crippen molar-refractivity contribution in [1.29, 1.82) is 0 Å². The average Bonchev–Trinajstić information content (AvgIpc) is 3.17. The Balaban J connectivity index is 1.14. The summed E-state index contributed by atoms with van der Waals surface area (Å²) < 4.78 is 0. The van der Waals surface area contributed by atoms with Gasteiger partial charge in [0.2, 0.25) is 0 Å². The highest BCUT2D eigenvalue weighted by Crippen LogP contribution is 2.44. The zero-order valence-electron chi connectivity index (χ0n) is 26.7. The molecule has 8 aromatic rings. The van der Waals surface area contributed by atoms with Crippen LogP contribution in [0.4, 0.5) is 0 Å². The summed E-state index contributed by atoms with van der Waals surface area (Å²) in [7, 11) is 0. The van der Waals surface area contributed by atoms with Gasteiger partial charge in [-0.05, 0) is 88.8 Å². The highest BCUT2D eigenvalue weighted by molar-refractivity contribution is 6.19. The number of hydrogen-bond donors (Lipinski definition) is 0. The van der Waals surface area contributed by atoms with Gasteiger partial charge in [0.05, 0.1) is 0 Å². The molecule has 1 aliphatic carbocycles. The molecule has 1 unspecified atom stereocenters. The van der Waals surface area contributed by atoms with Crippen LogP contribution in [0.1, 0.15) is 23.5 Å². The van der Waals surface area contributed by atoms with Crippen molar-refractivity contribution in [2.24, 2.45) is 0 Å². The van der Waals surface area contributed by atoms with Crippen LogP contribution in [-0.2, 0) is 0 Å². The third-order valence-corrected chi connectivity index (χ3v) is 10.0. The smallest absolute Gasteiger partial charge is 0.00622 e. The lowest BCUT2D eigenvalue weighted by Crippen LogP contribution is -2.01.